The van der Waals surface area contributed by atoms with Crippen molar-refractivity contribution in [1.29, 1.82) is 0 Å². The van der Waals surface area contributed by atoms with Crippen LogP contribution in [0.3, 0.4) is 0 Å². The first-order valence-electron chi connectivity index (χ1n) is 7.10. The van der Waals surface area contributed by atoms with Gasteiger partial charge in [-0.1, -0.05) is 11.6 Å². The Bertz CT molecular complexity index is 1030. The summed E-state index contributed by atoms with van der Waals surface area (Å²) in [7, 11) is 0. The molecule has 0 spiro atoms. The molecule has 0 bridgehead atoms. The van der Waals surface area contributed by atoms with E-state index in [4.69, 9.17) is 17.3 Å². The number of halogens is 8. The lowest BCUT2D eigenvalue weighted by Gasteiger charge is -2.12. The molecule has 0 aliphatic rings. The van der Waals surface area contributed by atoms with E-state index in [0.717, 1.165) is 6.07 Å². The number of alkyl halides is 6. The molecule has 12 heteroatoms. The van der Waals surface area contributed by atoms with E-state index in [9.17, 15) is 30.7 Å². The highest BCUT2D eigenvalue weighted by Crippen LogP contribution is 2.40. The SMILES string of the molecule is Cc1cc(C(F)(F)F)c2c(N)n(-c3c(F)cc(C(F)(F)F)cc3Cl)nc2n1. The monoisotopic (exact) mass is 412 g/mol. The van der Waals surface area contributed by atoms with Gasteiger partial charge in [0.25, 0.3) is 0 Å². The molecule has 2 heterocycles. The summed E-state index contributed by atoms with van der Waals surface area (Å²) in [5, 5.41) is 2.37. The Morgan fingerprint density at radius 3 is 2.19 bits per heavy atom. The molecular weight excluding hydrogens is 405 g/mol. The van der Waals surface area contributed by atoms with Crippen molar-refractivity contribution in [3.8, 4) is 5.69 Å². The van der Waals surface area contributed by atoms with Crippen LogP contribution in [0.2, 0.25) is 5.02 Å². The van der Waals surface area contributed by atoms with Gasteiger partial charge < -0.3 is 5.73 Å². The maximum absolute atomic E-state index is 14.3. The zero-order valence-corrected chi connectivity index (χ0v) is 13.9. The van der Waals surface area contributed by atoms with Crippen LogP contribution in [0.5, 0.6) is 0 Å². The van der Waals surface area contributed by atoms with Crippen LogP contribution in [-0.4, -0.2) is 14.8 Å². The normalized spacial score (nSPS) is 12.8. The van der Waals surface area contributed by atoms with Crippen molar-refractivity contribution in [2.24, 2.45) is 0 Å². The summed E-state index contributed by atoms with van der Waals surface area (Å²) in [4.78, 5) is 3.82. The second-order valence-corrected chi connectivity index (χ2v) is 6.00. The predicted molar refractivity (Wildman–Crippen MR) is 83.0 cm³/mol. The summed E-state index contributed by atoms with van der Waals surface area (Å²) >= 11 is 5.74. The number of nitrogen functional groups attached to an aromatic ring is 1. The second-order valence-electron chi connectivity index (χ2n) is 5.59. The van der Waals surface area contributed by atoms with E-state index in [1.807, 2.05) is 0 Å². The topological polar surface area (TPSA) is 56.7 Å². The molecule has 0 amide bonds. The van der Waals surface area contributed by atoms with Crippen molar-refractivity contribution < 1.29 is 30.7 Å². The number of aromatic nitrogens is 3. The van der Waals surface area contributed by atoms with Crippen molar-refractivity contribution in [3.05, 3.63) is 45.9 Å². The van der Waals surface area contributed by atoms with Crippen molar-refractivity contribution >= 4 is 28.5 Å². The van der Waals surface area contributed by atoms with Crippen molar-refractivity contribution in [2.45, 2.75) is 19.3 Å². The lowest BCUT2D eigenvalue weighted by Crippen LogP contribution is -2.10. The van der Waals surface area contributed by atoms with E-state index in [2.05, 4.69) is 10.1 Å². The maximum atomic E-state index is 14.3. The number of pyridine rings is 1. The largest absolute Gasteiger partial charge is 0.417 e. The average molecular weight is 413 g/mol. The predicted octanol–water partition coefficient (Wildman–Crippen LogP) is 5.14. The van der Waals surface area contributed by atoms with Gasteiger partial charge in [0.05, 0.1) is 21.5 Å². The molecule has 144 valence electrons. The fraction of sp³-hybridized carbons (Fsp3) is 0.200. The molecule has 0 fully saturated rings. The quantitative estimate of drug-likeness (QED) is 0.563. The minimum absolute atomic E-state index is 0.0292. The van der Waals surface area contributed by atoms with Gasteiger partial charge in [0.1, 0.15) is 11.5 Å². The first-order chi connectivity index (χ1) is 12.3. The van der Waals surface area contributed by atoms with Gasteiger partial charge in [0, 0.05) is 5.69 Å². The highest BCUT2D eigenvalue weighted by molar-refractivity contribution is 6.32. The number of nitrogens with two attached hydrogens (primary N) is 1. The van der Waals surface area contributed by atoms with Crippen molar-refractivity contribution in [2.75, 3.05) is 5.73 Å². The molecule has 2 aromatic heterocycles. The second kappa shape index (κ2) is 5.98. The minimum Gasteiger partial charge on any atom is -0.383 e. The Morgan fingerprint density at radius 2 is 1.67 bits per heavy atom. The van der Waals surface area contributed by atoms with E-state index in [-0.39, 0.29) is 11.8 Å². The first-order valence-corrected chi connectivity index (χ1v) is 7.48. The highest BCUT2D eigenvalue weighted by atomic mass is 35.5. The molecule has 0 aliphatic carbocycles. The fourth-order valence-electron chi connectivity index (χ4n) is 2.56. The number of nitrogens with zero attached hydrogens (tertiary/aromatic N) is 3. The Hall–Kier alpha value is -2.56. The van der Waals surface area contributed by atoms with E-state index >= 15 is 0 Å². The van der Waals surface area contributed by atoms with Gasteiger partial charge in [-0.15, -0.1) is 5.10 Å². The molecule has 4 nitrogen and oxygen atoms in total. The number of hydrogen-bond acceptors (Lipinski definition) is 3. The van der Waals surface area contributed by atoms with Crippen LogP contribution in [0, 0.1) is 12.7 Å². The van der Waals surface area contributed by atoms with E-state index in [1.165, 1.54) is 6.92 Å². The van der Waals surface area contributed by atoms with Crippen LogP contribution in [0.1, 0.15) is 16.8 Å². The molecular formula is C15H8ClF7N4. The fourth-order valence-corrected chi connectivity index (χ4v) is 2.85. The van der Waals surface area contributed by atoms with Gasteiger partial charge in [-0.2, -0.15) is 26.3 Å². The lowest BCUT2D eigenvalue weighted by atomic mass is 10.1. The molecule has 0 aliphatic heterocycles. The maximum Gasteiger partial charge on any atom is 0.417 e. The van der Waals surface area contributed by atoms with Crippen LogP contribution in [0.4, 0.5) is 36.6 Å². The van der Waals surface area contributed by atoms with Gasteiger partial charge in [-0.3, -0.25) is 0 Å². The third kappa shape index (κ3) is 3.27. The Balaban J connectivity index is 2.33. The first kappa shape index (κ1) is 19.2. The third-order valence-electron chi connectivity index (χ3n) is 3.67. The Kier molecular flexibility index (Phi) is 4.25. The van der Waals surface area contributed by atoms with Crippen molar-refractivity contribution in [1.82, 2.24) is 14.8 Å². The number of hydrogen-bond donors (Lipinski definition) is 1. The molecule has 0 saturated heterocycles. The van der Waals surface area contributed by atoms with E-state index in [0.29, 0.717) is 10.7 Å². The molecule has 0 saturated carbocycles. The van der Waals surface area contributed by atoms with Gasteiger partial charge in [-0.25, -0.2) is 14.1 Å². The van der Waals surface area contributed by atoms with E-state index < -0.39 is 56.9 Å². The summed E-state index contributed by atoms with van der Waals surface area (Å²) in [6, 6.07) is 1.31. The van der Waals surface area contributed by atoms with Gasteiger partial charge in [0.2, 0.25) is 0 Å². The minimum atomic E-state index is -4.87. The summed E-state index contributed by atoms with van der Waals surface area (Å²) < 4.78 is 92.9. The average Bonchev–Trinajstić information content (AvgIpc) is 2.80. The number of aryl methyl sites for hydroxylation is 1. The Morgan fingerprint density at radius 1 is 1.04 bits per heavy atom. The van der Waals surface area contributed by atoms with Crippen LogP contribution in [-0.2, 0) is 12.4 Å². The van der Waals surface area contributed by atoms with Gasteiger partial charge in [0.15, 0.2) is 11.5 Å². The van der Waals surface area contributed by atoms with Crippen LogP contribution >= 0.6 is 11.6 Å². The highest BCUT2D eigenvalue weighted by Gasteiger charge is 2.37. The zero-order chi connectivity index (χ0) is 20.3. The molecule has 1 aromatic carbocycles. The molecule has 0 unspecified atom stereocenters. The summed E-state index contributed by atoms with van der Waals surface area (Å²) in [6.45, 7) is 1.29. The number of anilines is 1. The zero-order valence-electron chi connectivity index (χ0n) is 13.2. The summed E-state index contributed by atoms with van der Waals surface area (Å²) in [5.74, 6) is -2.12. The van der Waals surface area contributed by atoms with Crippen LogP contribution < -0.4 is 5.73 Å². The standard InChI is InChI=1S/C15H8ClF7N4/c1-5-2-7(15(21,22)23)10-12(24)27(26-13(10)25-5)11-8(16)3-6(4-9(11)17)14(18,19)20/h2-4H,24H2,1H3. The smallest absolute Gasteiger partial charge is 0.383 e. The molecule has 3 aromatic rings. The van der Waals surface area contributed by atoms with Crippen molar-refractivity contribution in [3.63, 3.8) is 0 Å². The van der Waals surface area contributed by atoms with Crippen LogP contribution in [0.25, 0.3) is 16.7 Å². The lowest BCUT2D eigenvalue weighted by molar-refractivity contribution is -0.138. The number of benzene rings is 1. The van der Waals surface area contributed by atoms with Crippen LogP contribution in [0.15, 0.2) is 18.2 Å². The third-order valence-corrected chi connectivity index (χ3v) is 3.96. The summed E-state index contributed by atoms with van der Waals surface area (Å²) in [6.07, 6.45) is -9.68. The molecule has 3 rings (SSSR count). The molecule has 0 atom stereocenters. The summed E-state index contributed by atoms with van der Waals surface area (Å²) in [5.41, 5.74) is 1.98. The number of fused-ring (bicyclic) bond motifs is 1. The van der Waals surface area contributed by atoms with Gasteiger partial charge in [-0.05, 0) is 25.1 Å². The molecule has 2 N–H and O–H groups in total. The molecule has 27 heavy (non-hydrogen) atoms. The van der Waals surface area contributed by atoms with E-state index in [1.54, 1.807) is 0 Å². The molecule has 0 radical (unpaired) electrons. The number of rotatable bonds is 1. The Labute approximate surface area is 151 Å². The van der Waals surface area contributed by atoms with Gasteiger partial charge >= 0.3 is 12.4 Å².